The predicted octanol–water partition coefficient (Wildman–Crippen LogP) is 2.46. The van der Waals surface area contributed by atoms with Gasteiger partial charge in [-0.25, -0.2) is 4.79 Å². The van der Waals surface area contributed by atoms with E-state index in [0.717, 1.165) is 5.56 Å². The van der Waals surface area contributed by atoms with Gasteiger partial charge in [0.1, 0.15) is 0 Å². The van der Waals surface area contributed by atoms with Crippen LogP contribution < -0.4 is 5.32 Å². The van der Waals surface area contributed by atoms with E-state index in [1.54, 1.807) is 29.2 Å². The second-order valence-corrected chi connectivity index (χ2v) is 6.22. The van der Waals surface area contributed by atoms with Gasteiger partial charge in [-0.1, -0.05) is 36.4 Å². The van der Waals surface area contributed by atoms with E-state index >= 15 is 0 Å². The number of hydrogen-bond acceptors (Lipinski definition) is 4. The highest BCUT2D eigenvalue weighted by Gasteiger charge is 2.34. The molecular formula is C20H20N2O4. The van der Waals surface area contributed by atoms with Crippen LogP contribution in [0.25, 0.3) is 0 Å². The van der Waals surface area contributed by atoms with Crippen molar-refractivity contribution in [3.8, 4) is 0 Å². The van der Waals surface area contributed by atoms with Gasteiger partial charge in [0.25, 0.3) is 0 Å². The number of benzene rings is 2. The van der Waals surface area contributed by atoms with Crippen LogP contribution in [0, 0.1) is 5.92 Å². The summed E-state index contributed by atoms with van der Waals surface area (Å²) >= 11 is 0. The SMILES string of the molecule is COC(=O)c1cccc(NC(=O)C2CC(=O)N(Cc3ccccc3)C2)c1. The number of carbonyl (C=O) groups excluding carboxylic acids is 3. The molecule has 0 aliphatic carbocycles. The Morgan fingerprint density at radius 1 is 1.15 bits per heavy atom. The number of methoxy groups -OCH3 is 1. The van der Waals surface area contributed by atoms with Crippen LogP contribution in [0.4, 0.5) is 5.69 Å². The molecule has 0 bridgehead atoms. The van der Waals surface area contributed by atoms with Crippen molar-refractivity contribution in [2.24, 2.45) is 5.92 Å². The maximum absolute atomic E-state index is 12.5. The number of nitrogens with one attached hydrogen (secondary N) is 1. The zero-order valence-electron chi connectivity index (χ0n) is 14.5. The van der Waals surface area contributed by atoms with E-state index in [0.29, 0.717) is 24.3 Å². The van der Waals surface area contributed by atoms with Crippen molar-refractivity contribution in [1.82, 2.24) is 4.90 Å². The Morgan fingerprint density at radius 3 is 2.65 bits per heavy atom. The van der Waals surface area contributed by atoms with Crippen LogP contribution in [-0.2, 0) is 20.9 Å². The van der Waals surface area contributed by atoms with Gasteiger partial charge in [-0.3, -0.25) is 9.59 Å². The summed E-state index contributed by atoms with van der Waals surface area (Å²) in [5.41, 5.74) is 1.90. The van der Waals surface area contributed by atoms with Gasteiger partial charge >= 0.3 is 5.97 Å². The van der Waals surface area contributed by atoms with Gasteiger partial charge in [0.2, 0.25) is 11.8 Å². The van der Waals surface area contributed by atoms with E-state index in [9.17, 15) is 14.4 Å². The summed E-state index contributed by atoms with van der Waals surface area (Å²) in [7, 11) is 1.30. The van der Waals surface area contributed by atoms with Gasteiger partial charge in [-0.05, 0) is 23.8 Å². The maximum Gasteiger partial charge on any atom is 0.337 e. The molecule has 6 nitrogen and oxygen atoms in total. The van der Waals surface area contributed by atoms with Crippen LogP contribution in [0.2, 0.25) is 0 Å². The van der Waals surface area contributed by atoms with E-state index in [2.05, 4.69) is 10.1 Å². The molecule has 1 aliphatic rings. The molecule has 1 saturated heterocycles. The average Bonchev–Trinajstić information content (AvgIpc) is 3.03. The van der Waals surface area contributed by atoms with Crippen molar-refractivity contribution >= 4 is 23.5 Å². The molecule has 134 valence electrons. The van der Waals surface area contributed by atoms with Gasteiger partial charge < -0.3 is 15.0 Å². The largest absolute Gasteiger partial charge is 0.465 e. The molecule has 2 aromatic carbocycles. The van der Waals surface area contributed by atoms with Gasteiger partial charge in [-0.2, -0.15) is 0 Å². The number of nitrogens with zero attached hydrogens (tertiary/aromatic N) is 1. The minimum absolute atomic E-state index is 0.0303. The highest BCUT2D eigenvalue weighted by Crippen LogP contribution is 2.22. The van der Waals surface area contributed by atoms with Crippen molar-refractivity contribution in [2.45, 2.75) is 13.0 Å². The number of hydrogen-bond donors (Lipinski definition) is 1. The smallest absolute Gasteiger partial charge is 0.337 e. The molecule has 0 saturated carbocycles. The van der Waals surface area contributed by atoms with Crippen LogP contribution in [0.5, 0.6) is 0 Å². The van der Waals surface area contributed by atoms with Gasteiger partial charge in [0.15, 0.2) is 0 Å². The number of ether oxygens (including phenoxy) is 1. The highest BCUT2D eigenvalue weighted by molar-refractivity contribution is 5.98. The van der Waals surface area contributed by atoms with Crippen LogP contribution >= 0.6 is 0 Å². The van der Waals surface area contributed by atoms with Gasteiger partial charge in [0.05, 0.1) is 18.6 Å². The zero-order valence-corrected chi connectivity index (χ0v) is 14.5. The van der Waals surface area contributed by atoms with Crippen molar-refractivity contribution in [3.05, 3.63) is 65.7 Å². The molecule has 1 heterocycles. The van der Waals surface area contributed by atoms with Crippen molar-refractivity contribution < 1.29 is 19.1 Å². The first-order valence-electron chi connectivity index (χ1n) is 8.38. The van der Waals surface area contributed by atoms with Crippen LogP contribution in [0.3, 0.4) is 0 Å². The second kappa shape index (κ2) is 7.82. The van der Waals surface area contributed by atoms with E-state index in [1.807, 2.05) is 30.3 Å². The molecule has 0 radical (unpaired) electrons. The first-order chi connectivity index (χ1) is 12.6. The second-order valence-electron chi connectivity index (χ2n) is 6.22. The fraction of sp³-hybridized carbons (Fsp3) is 0.250. The number of esters is 1. The zero-order chi connectivity index (χ0) is 18.5. The first-order valence-corrected chi connectivity index (χ1v) is 8.38. The Kier molecular flexibility index (Phi) is 5.31. The summed E-state index contributed by atoms with van der Waals surface area (Å²) in [6, 6.07) is 16.2. The van der Waals surface area contributed by atoms with Crippen LogP contribution in [0.15, 0.2) is 54.6 Å². The molecule has 2 amide bonds. The molecule has 0 aromatic heterocycles. The Morgan fingerprint density at radius 2 is 1.92 bits per heavy atom. The number of anilines is 1. The topological polar surface area (TPSA) is 75.7 Å². The Labute approximate surface area is 151 Å². The lowest BCUT2D eigenvalue weighted by atomic mass is 10.1. The third-order valence-electron chi connectivity index (χ3n) is 4.35. The minimum Gasteiger partial charge on any atom is -0.465 e. The predicted molar refractivity (Wildman–Crippen MR) is 96.4 cm³/mol. The fourth-order valence-electron chi connectivity index (χ4n) is 2.99. The monoisotopic (exact) mass is 352 g/mol. The molecule has 6 heteroatoms. The third kappa shape index (κ3) is 4.08. The molecular weight excluding hydrogens is 332 g/mol. The standard InChI is InChI=1S/C20H20N2O4/c1-26-20(25)15-8-5-9-17(10-15)21-19(24)16-11-18(23)22(13-16)12-14-6-3-2-4-7-14/h2-10,16H,11-13H2,1H3,(H,21,24). The lowest BCUT2D eigenvalue weighted by molar-refractivity contribution is -0.128. The maximum atomic E-state index is 12.5. The first kappa shape index (κ1) is 17.7. The number of carbonyl (C=O) groups is 3. The number of rotatable bonds is 5. The van der Waals surface area contributed by atoms with Gasteiger partial charge in [0, 0.05) is 25.2 Å². The summed E-state index contributed by atoms with van der Waals surface area (Å²) < 4.78 is 4.68. The quantitative estimate of drug-likeness (QED) is 0.839. The molecule has 1 atom stereocenters. The Bertz CT molecular complexity index is 820. The normalized spacial score (nSPS) is 16.4. The molecule has 1 N–H and O–H groups in total. The molecule has 2 aromatic rings. The molecule has 0 spiro atoms. The van der Waals surface area contributed by atoms with E-state index < -0.39 is 11.9 Å². The van der Waals surface area contributed by atoms with E-state index in [4.69, 9.17) is 0 Å². The van der Waals surface area contributed by atoms with Crippen molar-refractivity contribution in [2.75, 3.05) is 19.0 Å². The lowest BCUT2D eigenvalue weighted by Gasteiger charge is -2.16. The van der Waals surface area contributed by atoms with Crippen LogP contribution in [0.1, 0.15) is 22.3 Å². The van der Waals surface area contributed by atoms with Crippen molar-refractivity contribution in [1.29, 1.82) is 0 Å². The average molecular weight is 352 g/mol. The number of amides is 2. The summed E-state index contributed by atoms with van der Waals surface area (Å²) in [4.78, 5) is 38.0. The van der Waals surface area contributed by atoms with Crippen LogP contribution in [-0.4, -0.2) is 36.3 Å². The summed E-state index contributed by atoms with van der Waals surface area (Å²) in [6.45, 7) is 0.886. The summed E-state index contributed by atoms with van der Waals surface area (Å²) in [6.07, 6.45) is 0.190. The molecule has 26 heavy (non-hydrogen) atoms. The fourth-order valence-corrected chi connectivity index (χ4v) is 2.99. The highest BCUT2D eigenvalue weighted by atomic mass is 16.5. The minimum atomic E-state index is -0.467. The third-order valence-corrected chi connectivity index (χ3v) is 4.35. The van der Waals surface area contributed by atoms with E-state index in [-0.39, 0.29) is 18.2 Å². The molecule has 3 rings (SSSR count). The van der Waals surface area contributed by atoms with Gasteiger partial charge in [-0.15, -0.1) is 0 Å². The molecule has 1 aliphatic heterocycles. The Balaban J connectivity index is 1.62. The lowest BCUT2D eigenvalue weighted by Crippen LogP contribution is -2.28. The summed E-state index contributed by atoms with van der Waals surface area (Å²) in [5, 5.41) is 2.78. The van der Waals surface area contributed by atoms with Crippen molar-refractivity contribution in [3.63, 3.8) is 0 Å². The molecule has 1 unspecified atom stereocenters. The van der Waals surface area contributed by atoms with E-state index in [1.165, 1.54) is 7.11 Å². The Hall–Kier alpha value is -3.15. The number of likely N-dealkylation sites (tertiary alicyclic amines) is 1. The molecule has 1 fully saturated rings. The summed E-state index contributed by atoms with van der Waals surface area (Å²) in [5.74, 6) is -1.13.